The van der Waals surface area contributed by atoms with Gasteiger partial charge in [0.05, 0.1) is 4.90 Å². The van der Waals surface area contributed by atoms with Gasteiger partial charge in [-0.05, 0) is 57.3 Å². The van der Waals surface area contributed by atoms with Crippen LogP contribution in [-0.4, -0.2) is 76.1 Å². The number of nitrogens with one attached hydrogen (secondary N) is 1. The molecule has 29 heavy (non-hydrogen) atoms. The Balaban J connectivity index is 1.37. The summed E-state index contributed by atoms with van der Waals surface area (Å²) in [5.41, 5.74) is 0. The topological polar surface area (TPSA) is 88.2 Å². The summed E-state index contributed by atoms with van der Waals surface area (Å²) in [6, 6.07) is 4.53. The van der Waals surface area contributed by atoms with Crippen molar-refractivity contribution in [2.24, 2.45) is 0 Å². The van der Waals surface area contributed by atoms with Crippen molar-refractivity contribution in [3.8, 4) is 11.5 Å². The van der Waals surface area contributed by atoms with Gasteiger partial charge in [0.1, 0.15) is 6.61 Å². The number of fused-ring (bicyclic) bond motifs is 1. The van der Waals surface area contributed by atoms with E-state index in [0.29, 0.717) is 24.6 Å². The maximum Gasteiger partial charge on any atom is 0.267 e. The lowest BCUT2D eigenvalue weighted by atomic mass is 10.1. The molecule has 1 N–H and O–H groups in total. The SMILES string of the molecule is O=C([C@H]1COc2cc(S(=O)(=O)NCCN3CCCC3)ccc2O1)N1CCCCC1. The van der Waals surface area contributed by atoms with E-state index in [0.717, 1.165) is 45.4 Å². The highest BCUT2D eigenvalue weighted by atomic mass is 32.2. The number of sulfonamides is 1. The molecule has 9 heteroatoms. The number of amides is 1. The molecule has 3 aliphatic heterocycles. The Hall–Kier alpha value is -1.84. The number of ether oxygens (including phenoxy) is 2. The van der Waals surface area contributed by atoms with E-state index in [1.54, 1.807) is 6.07 Å². The second-order valence-corrected chi connectivity index (χ2v) is 9.63. The van der Waals surface area contributed by atoms with Crippen molar-refractivity contribution in [2.45, 2.75) is 43.1 Å². The Morgan fingerprint density at radius 3 is 2.52 bits per heavy atom. The first-order valence-corrected chi connectivity index (χ1v) is 12.0. The summed E-state index contributed by atoms with van der Waals surface area (Å²) in [7, 11) is -3.62. The van der Waals surface area contributed by atoms with Crippen LogP contribution >= 0.6 is 0 Å². The minimum absolute atomic E-state index is 0.0596. The third kappa shape index (κ3) is 4.84. The van der Waals surface area contributed by atoms with Gasteiger partial charge in [0.2, 0.25) is 16.1 Å². The van der Waals surface area contributed by atoms with Gasteiger partial charge in [-0.3, -0.25) is 4.79 Å². The van der Waals surface area contributed by atoms with E-state index in [9.17, 15) is 13.2 Å². The molecule has 2 saturated heterocycles. The summed E-state index contributed by atoms with van der Waals surface area (Å²) in [6.45, 7) is 4.76. The molecule has 0 radical (unpaired) electrons. The number of carbonyl (C=O) groups is 1. The van der Waals surface area contributed by atoms with Gasteiger partial charge < -0.3 is 19.3 Å². The third-order valence-corrected chi connectivity index (χ3v) is 7.21. The van der Waals surface area contributed by atoms with E-state index in [1.807, 2.05) is 4.90 Å². The molecule has 1 atom stereocenters. The summed E-state index contributed by atoms with van der Waals surface area (Å²) in [4.78, 5) is 16.8. The fourth-order valence-electron chi connectivity index (χ4n) is 4.09. The molecule has 0 aliphatic carbocycles. The molecular weight excluding hydrogens is 394 g/mol. The summed E-state index contributed by atoms with van der Waals surface area (Å²) in [5, 5.41) is 0. The van der Waals surface area contributed by atoms with Crippen molar-refractivity contribution < 1.29 is 22.7 Å². The average Bonchev–Trinajstić information content (AvgIpc) is 3.26. The Bertz CT molecular complexity index is 833. The lowest BCUT2D eigenvalue weighted by molar-refractivity contribution is -0.142. The third-order valence-electron chi connectivity index (χ3n) is 5.75. The zero-order chi connectivity index (χ0) is 20.3. The first kappa shape index (κ1) is 20.4. The molecule has 0 unspecified atom stereocenters. The van der Waals surface area contributed by atoms with Crippen molar-refractivity contribution in [3.63, 3.8) is 0 Å². The molecule has 0 saturated carbocycles. The highest BCUT2D eigenvalue weighted by molar-refractivity contribution is 7.89. The summed E-state index contributed by atoms with van der Waals surface area (Å²) >= 11 is 0. The van der Waals surface area contributed by atoms with E-state index in [-0.39, 0.29) is 17.4 Å². The predicted molar refractivity (Wildman–Crippen MR) is 108 cm³/mol. The molecule has 160 valence electrons. The number of hydrogen-bond acceptors (Lipinski definition) is 6. The second-order valence-electron chi connectivity index (χ2n) is 7.86. The molecule has 1 aromatic carbocycles. The lowest BCUT2D eigenvalue weighted by Gasteiger charge is -2.32. The largest absolute Gasteiger partial charge is 0.485 e. The summed E-state index contributed by atoms with van der Waals surface area (Å²) in [6.07, 6.45) is 4.86. The number of carbonyl (C=O) groups excluding carboxylic acids is 1. The van der Waals surface area contributed by atoms with Crippen molar-refractivity contribution in [1.82, 2.24) is 14.5 Å². The Kier molecular flexibility index (Phi) is 6.26. The standard InChI is InChI=1S/C20H29N3O5S/c24-20(23-11-2-1-3-12-23)19-15-27-18-14-16(6-7-17(18)28-19)29(25,26)21-8-13-22-9-4-5-10-22/h6-7,14,19,21H,1-5,8-13,15H2/t19-/m1/s1. The maximum atomic E-state index is 12.6. The van der Waals surface area contributed by atoms with Crippen LogP contribution in [-0.2, 0) is 14.8 Å². The second kappa shape index (κ2) is 8.89. The van der Waals surface area contributed by atoms with Gasteiger partial charge in [-0.25, -0.2) is 13.1 Å². The molecule has 3 aliphatic rings. The molecule has 2 fully saturated rings. The van der Waals surface area contributed by atoms with Crippen LogP contribution in [0.3, 0.4) is 0 Å². The normalized spacial score (nSPS) is 22.6. The van der Waals surface area contributed by atoms with Crippen LogP contribution < -0.4 is 14.2 Å². The number of hydrogen-bond donors (Lipinski definition) is 1. The van der Waals surface area contributed by atoms with Gasteiger partial charge >= 0.3 is 0 Å². The molecule has 1 aromatic rings. The monoisotopic (exact) mass is 423 g/mol. The van der Waals surface area contributed by atoms with E-state index < -0.39 is 16.1 Å². The predicted octanol–water partition coefficient (Wildman–Crippen LogP) is 1.21. The highest BCUT2D eigenvalue weighted by Crippen LogP contribution is 2.34. The van der Waals surface area contributed by atoms with Gasteiger partial charge in [-0.15, -0.1) is 0 Å². The first-order valence-electron chi connectivity index (χ1n) is 10.5. The zero-order valence-electron chi connectivity index (χ0n) is 16.6. The summed E-state index contributed by atoms with van der Waals surface area (Å²) in [5.74, 6) is 0.702. The van der Waals surface area contributed by atoms with Gasteiger partial charge in [-0.2, -0.15) is 0 Å². The number of benzene rings is 1. The lowest BCUT2D eigenvalue weighted by Crippen LogP contribution is -2.48. The first-order chi connectivity index (χ1) is 14.0. The fraction of sp³-hybridized carbons (Fsp3) is 0.650. The Morgan fingerprint density at radius 1 is 1.03 bits per heavy atom. The van der Waals surface area contributed by atoms with Gasteiger partial charge in [0, 0.05) is 32.2 Å². The van der Waals surface area contributed by atoms with Crippen LogP contribution in [0, 0.1) is 0 Å². The van der Waals surface area contributed by atoms with Crippen molar-refractivity contribution >= 4 is 15.9 Å². The van der Waals surface area contributed by atoms with Crippen LogP contribution in [0.2, 0.25) is 0 Å². The van der Waals surface area contributed by atoms with Crippen LogP contribution in [0.5, 0.6) is 11.5 Å². The van der Waals surface area contributed by atoms with Crippen LogP contribution in [0.1, 0.15) is 32.1 Å². The van der Waals surface area contributed by atoms with E-state index in [2.05, 4.69) is 9.62 Å². The van der Waals surface area contributed by atoms with Crippen LogP contribution in [0.15, 0.2) is 23.1 Å². The maximum absolute atomic E-state index is 12.6. The minimum Gasteiger partial charge on any atom is -0.485 e. The molecule has 0 aromatic heterocycles. The van der Waals surface area contributed by atoms with Crippen LogP contribution in [0.4, 0.5) is 0 Å². The minimum atomic E-state index is -3.62. The van der Waals surface area contributed by atoms with E-state index in [4.69, 9.17) is 9.47 Å². The van der Waals surface area contributed by atoms with Crippen molar-refractivity contribution in [1.29, 1.82) is 0 Å². The molecule has 1 amide bonds. The highest BCUT2D eigenvalue weighted by Gasteiger charge is 2.32. The number of likely N-dealkylation sites (tertiary alicyclic amines) is 2. The van der Waals surface area contributed by atoms with Gasteiger partial charge in [0.25, 0.3) is 5.91 Å². The molecule has 0 spiro atoms. The fourth-order valence-corrected chi connectivity index (χ4v) is 5.12. The number of nitrogens with zero attached hydrogens (tertiary/aromatic N) is 2. The smallest absolute Gasteiger partial charge is 0.267 e. The molecular formula is C20H29N3O5S. The Morgan fingerprint density at radius 2 is 1.76 bits per heavy atom. The van der Waals surface area contributed by atoms with Crippen molar-refractivity contribution in [2.75, 3.05) is 45.9 Å². The van der Waals surface area contributed by atoms with Crippen molar-refractivity contribution in [3.05, 3.63) is 18.2 Å². The average molecular weight is 424 g/mol. The van der Waals surface area contributed by atoms with Gasteiger partial charge in [-0.1, -0.05) is 0 Å². The molecule has 4 rings (SSSR count). The Labute approximate surface area is 172 Å². The quantitative estimate of drug-likeness (QED) is 0.740. The number of piperidine rings is 1. The molecule has 0 bridgehead atoms. The number of rotatable bonds is 6. The zero-order valence-corrected chi connectivity index (χ0v) is 17.5. The van der Waals surface area contributed by atoms with Crippen LogP contribution in [0.25, 0.3) is 0 Å². The molecule has 8 nitrogen and oxygen atoms in total. The molecule has 3 heterocycles. The van der Waals surface area contributed by atoms with E-state index >= 15 is 0 Å². The van der Waals surface area contributed by atoms with Gasteiger partial charge in [0.15, 0.2) is 11.5 Å². The summed E-state index contributed by atoms with van der Waals surface area (Å²) < 4.78 is 39.3. The van der Waals surface area contributed by atoms with E-state index in [1.165, 1.54) is 25.0 Å².